The zero-order valence-corrected chi connectivity index (χ0v) is 19.7. The molecule has 2 aromatic carbocycles. The van der Waals surface area contributed by atoms with Gasteiger partial charge in [-0.2, -0.15) is 8.42 Å². The molecule has 12 nitrogen and oxygen atoms in total. The van der Waals surface area contributed by atoms with Crippen LogP contribution < -0.4 is 25.3 Å². The van der Waals surface area contributed by atoms with E-state index >= 15 is 0 Å². The number of hydrogen-bond donors (Lipinski definition) is 3. The topological polar surface area (TPSA) is 168 Å². The molecule has 0 radical (unpaired) electrons. The summed E-state index contributed by atoms with van der Waals surface area (Å²) in [6.07, 6.45) is -0.175. The maximum absolute atomic E-state index is 13.1. The molecule has 0 spiro atoms. The Hall–Kier alpha value is -3.84. The van der Waals surface area contributed by atoms with E-state index in [9.17, 15) is 18.0 Å². The zero-order valence-electron chi connectivity index (χ0n) is 18.9. The number of rotatable bonds is 10. The Morgan fingerprint density at radius 3 is 2.47 bits per heavy atom. The molecule has 0 aliphatic rings. The van der Waals surface area contributed by atoms with Crippen LogP contribution in [-0.2, 0) is 24.4 Å². The summed E-state index contributed by atoms with van der Waals surface area (Å²) < 4.78 is 46.2. The van der Waals surface area contributed by atoms with Crippen molar-refractivity contribution in [3.63, 3.8) is 0 Å². The van der Waals surface area contributed by atoms with Crippen LogP contribution in [0.15, 0.2) is 52.4 Å². The van der Waals surface area contributed by atoms with E-state index in [1.54, 1.807) is 12.1 Å². The van der Waals surface area contributed by atoms with Gasteiger partial charge in [0.15, 0.2) is 0 Å². The van der Waals surface area contributed by atoms with Gasteiger partial charge in [0.05, 0.1) is 19.4 Å². The van der Waals surface area contributed by atoms with E-state index < -0.39 is 22.1 Å². The molecule has 4 N–H and O–H groups in total. The number of methoxy groups -OCH3 is 2. The molecule has 184 valence electrons. The van der Waals surface area contributed by atoms with Gasteiger partial charge in [-0.1, -0.05) is 13.0 Å². The normalized spacial score (nSPS) is 11.4. The van der Waals surface area contributed by atoms with Crippen LogP contribution in [0.3, 0.4) is 0 Å². The predicted molar refractivity (Wildman–Crippen MR) is 125 cm³/mol. The molecule has 2 amide bonds. The summed E-state index contributed by atoms with van der Waals surface area (Å²) in [5.74, 6) is -0.479. The number of aliphatic imine (C=N–C) groups is 1. The van der Waals surface area contributed by atoms with Gasteiger partial charge in [-0.25, -0.2) is 4.79 Å². The summed E-state index contributed by atoms with van der Waals surface area (Å²) in [6, 6.07) is 10.0. The first-order chi connectivity index (χ1) is 16.2. The van der Waals surface area contributed by atoms with Gasteiger partial charge >= 0.3 is 16.2 Å². The maximum Gasteiger partial charge on any atom is 0.436 e. The minimum atomic E-state index is -4.45. The highest BCUT2D eigenvalue weighted by Gasteiger charge is 2.23. The van der Waals surface area contributed by atoms with Crippen molar-refractivity contribution < 1.29 is 36.4 Å². The average Bonchev–Trinajstić information content (AvgIpc) is 2.78. The third kappa shape index (κ3) is 7.94. The number of nitrogens with two attached hydrogens (primary N) is 1. The van der Waals surface area contributed by atoms with Gasteiger partial charge in [0, 0.05) is 18.9 Å². The van der Waals surface area contributed by atoms with Gasteiger partial charge in [0.25, 0.3) is 0 Å². The number of nitrogens with one attached hydrogen (secondary N) is 2. The number of benzene rings is 2. The van der Waals surface area contributed by atoms with Crippen LogP contribution in [0.4, 0.5) is 16.2 Å². The van der Waals surface area contributed by atoms with Crippen LogP contribution in [0.1, 0.15) is 13.3 Å². The van der Waals surface area contributed by atoms with E-state index in [0.29, 0.717) is 12.4 Å². The molecule has 2 rings (SSSR count). The molecule has 0 aliphatic heterocycles. The maximum atomic E-state index is 13.1. The lowest BCUT2D eigenvalue weighted by atomic mass is 10.2. The van der Waals surface area contributed by atoms with E-state index in [1.165, 1.54) is 31.4 Å². The second-order valence-electron chi connectivity index (χ2n) is 6.64. The molecule has 2 aromatic rings. The minimum absolute atomic E-state index is 0.00732. The van der Waals surface area contributed by atoms with Crippen LogP contribution in [0, 0.1) is 0 Å². The summed E-state index contributed by atoms with van der Waals surface area (Å²) in [4.78, 5) is 26.3. The van der Waals surface area contributed by atoms with E-state index in [4.69, 9.17) is 19.4 Å². The van der Waals surface area contributed by atoms with Crippen molar-refractivity contribution in [3.05, 3.63) is 42.5 Å². The first-order valence-electron chi connectivity index (χ1n) is 9.97. The third-order valence-corrected chi connectivity index (χ3v) is 5.23. The number of carbonyl (C=O) groups is 2. The second-order valence-corrected chi connectivity index (χ2v) is 8.16. The van der Waals surface area contributed by atoms with Gasteiger partial charge in [-0.15, -0.1) is 4.99 Å². The highest BCUT2D eigenvalue weighted by Crippen LogP contribution is 2.29. The fourth-order valence-electron chi connectivity index (χ4n) is 2.55. The predicted octanol–water partition coefficient (Wildman–Crippen LogP) is 2.32. The van der Waals surface area contributed by atoms with Gasteiger partial charge in [0.1, 0.15) is 23.0 Å². The number of guanidine groups is 1. The average molecular weight is 495 g/mol. The van der Waals surface area contributed by atoms with Crippen LogP contribution in [0.5, 0.6) is 11.5 Å². The van der Waals surface area contributed by atoms with Crippen molar-refractivity contribution in [3.8, 4) is 11.5 Å². The summed E-state index contributed by atoms with van der Waals surface area (Å²) in [6.45, 7) is 2.10. The first kappa shape index (κ1) is 26.4. The van der Waals surface area contributed by atoms with E-state index in [-0.39, 0.29) is 34.6 Å². The van der Waals surface area contributed by atoms with Gasteiger partial charge in [-0.05, 0) is 36.8 Å². The quantitative estimate of drug-likeness (QED) is 0.253. The molecule has 0 fully saturated rings. The first-order valence-corrected chi connectivity index (χ1v) is 11.4. The Balaban J connectivity index is 2.41. The molecule has 13 heteroatoms. The van der Waals surface area contributed by atoms with Crippen LogP contribution in [-0.4, -0.2) is 53.8 Å². The Labute approximate surface area is 197 Å². The van der Waals surface area contributed by atoms with Crippen molar-refractivity contribution >= 4 is 39.5 Å². The molecule has 0 heterocycles. The number of nitrogens with zero attached hydrogens (tertiary/aromatic N) is 1. The monoisotopic (exact) mass is 494 g/mol. The Bertz CT molecular complexity index is 1150. The second kappa shape index (κ2) is 12.4. The van der Waals surface area contributed by atoms with Crippen LogP contribution >= 0.6 is 0 Å². The van der Waals surface area contributed by atoms with Crippen LogP contribution in [0.25, 0.3) is 0 Å². The lowest BCUT2D eigenvalue weighted by molar-refractivity contribution is -0.119. The molecule has 0 bridgehead atoms. The Kier molecular flexibility index (Phi) is 9.64. The van der Waals surface area contributed by atoms with E-state index in [2.05, 4.69) is 20.4 Å². The lowest BCUT2D eigenvalue weighted by Gasteiger charge is -2.15. The van der Waals surface area contributed by atoms with Crippen molar-refractivity contribution in [2.45, 2.75) is 18.2 Å². The Morgan fingerprint density at radius 2 is 1.79 bits per heavy atom. The number of amides is 2. The van der Waals surface area contributed by atoms with E-state index in [0.717, 1.165) is 19.6 Å². The van der Waals surface area contributed by atoms with Crippen molar-refractivity contribution in [1.82, 2.24) is 0 Å². The molecular weight excluding hydrogens is 468 g/mol. The lowest BCUT2D eigenvalue weighted by Crippen LogP contribution is -2.25. The molecule has 0 aromatic heterocycles. The van der Waals surface area contributed by atoms with E-state index in [1.807, 2.05) is 6.92 Å². The molecular formula is C21H26N4O8S. The number of ether oxygens (including phenoxy) is 3. The number of carbonyl (C=O) groups excluding carboxylic acids is 2. The number of anilines is 2. The fourth-order valence-corrected chi connectivity index (χ4v) is 3.66. The largest absolute Gasteiger partial charge is 0.493 e. The molecule has 34 heavy (non-hydrogen) atoms. The summed E-state index contributed by atoms with van der Waals surface area (Å²) in [7, 11) is -2.00. The SMILES string of the molecule is CCCOc1cccc(OS(=O)(=O)c2cc(NC(N)=NC(=O)OC)ccc2NC(=O)COC)c1. The molecule has 0 aliphatic carbocycles. The summed E-state index contributed by atoms with van der Waals surface area (Å²) >= 11 is 0. The van der Waals surface area contributed by atoms with Gasteiger partial charge in [-0.3, -0.25) is 4.79 Å². The summed E-state index contributed by atoms with van der Waals surface area (Å²) in [5.41, 5.74) is 5.73. The van der Waals surface area contributed by atoms with Gasteiger partial charge in [0.2, 0.25) is 11.9 Å². The molecule has 0 saturated heterocycles. The fraction of sp³-hybridized carbons (Fsp3) is 0.286. The molecule has 0 saturated carbocycles. The smallest absolute Gasteiger partial charge is 0.436 e. The van der Waals surface area contributed by atoms with Crippen molar-refractivity contribution in [2.24, 2.45) is 10.7 Å². The standard InChI is InChI=1S/C21H26N4O8S/c1-4-10-32-15-6-5-7-16(12-15)33-34(28,29)18-11-14(23-20(22)25-21(27)31-3)8-9-17(18)24-19(26)13-30-2/h5-9,11-12H,4,10,13H2,1-3H3,(H,24,26)(H3,22,23,25,27). The third-order valence-electron chi connectivity index (χ3n) is 3.94. The highest BCUT2D eigenvalue weighted by atomic mass is 32.2. The molecule has 0 atom stereocenters. The minimum Gasteiger partial charge on any atom is -0.493 e. The van der Waals surface area contributed by atoms with Gasteiger partial charge < -0.3 is 34.8 Å². The highest BCUT2D eigenvalue weighted by molar-refractivity contribution is 7.87. The van der Waals surface area contributed by atoms with Crippen molar-refractivity contribution in [2.75, 3.05) is 38.1 Å². The number of hydrogen-bond acceptors (Lipinski definition) is 8. The van der Waals surface area contributed by atoms with Crippen molar-refractivity contribution in [1.29, 1.82) is 0 Å². The summed E-state index contributed by atoms with van der Waals surface area (Å²) in [5, 5.41) is 5.02. The Morgan fingerprint density at radius 1 is 1.06 bits per heavy atom. The zero-order chi connectivity index (χ0) is 25.1. The van der Waals surface area contributed by atoms with Crippen LogP contribution in [0.2, 0.25) is 0 Å². The molecule has 0 unspecified atom stereocenters.